The van der Waals surface area contributed by atoms with E-state index in [9.17, 15) is 18.0 Å². The van der Waals surface area contributed by atoms with E-state index in [1.54, 1.807) is 15.5 Å². The highest BCUT2D eigenvalue weighted by Gasteiger charge is 2.29. The zero-order valence-electron chi connectivity index (χ0n) is 20.6. The van der Waals surface area contributed by atoms with Crippen LogP contribution in [0.3, 0.4) is 0 Å². The Kier molecular flexibility index (Phi) is 6.69. The second-order valence-corrected chi connectivity index (χ2v) is 10.7. The number of ether oxygens (including phenoxy) is 1. The third-order valence-electron chi connectivity index (χ3n) is 6.32. The second kappa shape index (κ2) is 9.94. The molecule has 0 atom stereocenters. The van der Waals surface area contributed by atoms with Crippen LogP contribution in [0.4, 0.5) is 0 Å². The molecule has 1 saturated heterocycles. The number of benzene rings is 1. The molecule has 1 fully saturated rings. The number of hydrogen-bond donors (Lipinski definition) is 1. The highest BCUT2D eigenvalue weighted by Crippen LogP contribution is 2.33. The van der Waals surface area contributed by atoms with E-state index < -0.39 is 10.0 Å². The highest BCUT2D eigenvalue weighted by atomic mass is 32.2. The van der Waals surface area contributed by atoms with Gasteiger partial charge in [0, 0.05) is 32.7 Å². The van der Waals surface area contributed by atoms with Crippen LogP contribution in [-0.2, 0) is 21.4 Å². The van der Waals surface area contributed by atoms with E-state index in [1.165, 1.54) is 27.2 Å². The maximum absolute atomic E-state index is 13.5. The summed E-state index contributed by atoms with van der Waals surface area (Å²) in [5.41, 5.74) is 1.40. The number of aryl methyl sites for hydroxylation is 1. The van der Waals surface area contributed by atoms with Crippen molar-refractivity contribution in [1.82, 2.24) is 38.3 Å². The van der Waals surface area contributed by atoms with Crippen molar-refractivity contribution in [2.45, 2.75) is 38.1 Å². The van der Waals surface area contributed by atoms with Crippen LogP contribution in [0.15, 0.2) is 34.2 Å². The Morgan fingerprint density at radius 1 is 1.11 bits per heavy atom. The number of imidazole rings is 1. The minimum absolute atomic E-state index is 0.0879. The number of H-pyrrole nitrogens is 1. The summed E-state index contributed by atoms with van der Waals surface area (Å²) in [4.78, 5) is 33.6. The molecule has 0 radical (unpaired) electrons. The molecule has 1 aliphatic rings. The number of hydrogen-bond acceptors (Lipinski definition) is 8. The number of aromatic amines is 1. The number of nitrogens with zero attached hydrogens (tertiary/aromatic N) is 7. The number of piperazine rings is 1. The maximum Gasteiger partial charge on any atom is 0.336 e. The molecule has 1 N–H and O–H groups in total. The minimum Gasteiger partial charge on any atom is -0.493 e. The van der Waals surface area contributed by atoms with E-state index in [0.717, 1.165) is 12.8 Å². The number of rotatable bonds is 9. The molecule has 37 heavy (non-hydrogen) atoms. The predicted molar refractivity (Wildman–Crippen MR) is 135 cm³/mol. The molecule has 0 spiro atoms. The van der Waals surface area contributed by atoms with Crippen molar-refractivity contribution >= 4 is 33.2 Å². The SMILES string of the molecule is CCCOc1ccc(S(=O)(=O)N2CCN(C=O)CC2)cc1-c1nc2c([nH]1)c1nncn1c(=O)n2CCC. The van der Waals surface area contributed by atoms with Crippen molar-refractivity contribution in [3.63, 3.8) is 0 Å². The summed E-state index contributed by atoms with van der Waals surface area (Å²) in [5, 5.41) is 7.97. The molecule has 0 saturated carbocycles. The molecule has 4 aromatic rings. The van der Waals surface area contributed by atoms with E-state index in [2.05, 4.69) is 15.2 Å². The van der Waals surface area contributed by atoms with E-state index in [0.29, 0.717) is 66.6 Å². The van der Waals surface area contributed by atoms with E-state index >= 15 is 0 Å². The van der Waals surface area contributed by atoms with Gasteiger partial charge in [-0.1, -0.05) is 13.8 Å². The van der Waals surface area contributed by atoms with Gasteiger partial charge < -0.3 is 14.6 Å². The van der Waals surface area contributed by atoms with Crippen LogP contribution in [0.5, 0.6) is 5.75 Å². The van der Waals surface area contributed by atoms with E-state index in [4.69, 9.17) is 9.72 Å². The van der Waals surface area contributed by atoms with Gasteiger partial charge in [0.2, 0.25) is 16.4 Å². The van der Waals surface area contributed by atoms with Gasteiger partial charge in [-0.05, 0) is 31.0 Å². The van der Waals surface area contributed by atoms with E-state index in [1.807, 2.05) is 13.8 Å². The van der Waals surface area contributed by atoms with Crippen molar-refractivity contribution < 1.29 is 17.9 Å². The van der Waals surface area contributed by atoms with Crippen molar-refractivity contribution in [2.24, 2.45) is 0 Å². The average molecular weight is 529 g/mol. The van der Waals surface area contributed by atoms with Crippen molar-refractivity contribution in [2.75, 3.05) is 32.8 Å². The fourth-order valence-electron chi connectivity index (χ4n) is 4.42. The zero-order valence-corrected chi connectivity index (χ0v) is 21.4. The first-order valence-electron chi connectivity index (χ1n) is 12.2. The Bertz CT molecular complexity index is 1620. The Hall–Kier alpha value is -3.78. The van der Waals surface area contributed by atoms with E-state index in [-0.39, 0.29) is 23.7 Å². The number of carbonyl (C=O) groups excluding carboxylic acids is 1. The maximum atomic E-state index is 13.5. The number of sulfonamides is 1. The van der Waals surface area contributed by atoms with Crippen LogP contribution >= 0.6 is 0 Å². The van der Waals surface area contributed by atoms with Crippen molar-refractivity contribution in [1.29, 1.82) is 0 Å². The fraction of sp³-hybridized carbons (Fsp3) is 0.435. The number of aromatic nitrogens is 6. The summed E-state index contributed by atoms with van der Waals surface area (Å²) in [6.07, 6.45) is 3.56. The molecule has 1 aliphatic heterocycles. The third-order valence-corrected chi connectivity index (χ3v) is 8.22. The Balaban J connectivity index is 1.65. The Morgan fingerprint density at radius 3 is 2.59 bits per heavy atom. The van der Waals surface area contributed by atoms with Gasteiger partial charge >= 0.3 is 5.69 Å². The molecule has 14 heteroatoms. The molecular formula is C23H28N8O5S. The topological polar surface area (TPSA) is 148 Å². The standard InChI is InChI=1S/C23H28N8O5S/c1-3-7-30-21-19(22-27-24-14-31(22)23(30)33)25-20(26-21)17-13-16(5-6-18(17)36-12-4-2)37(34,35)29-10-8-28(15-32)9-11-29/h5-6,13-15H,3-4,7-12H2,1-2H3,(H,25,26). The molecule has 5 rings (SSSR count). The van der Waals surface area contributed by atoms with Crippen LogP contribution in [0, 0.1) is 0 Å². The lowest BCUT2D eigenvalue weighted by molar-refractivity contribution is -0.119. The van der Waals surface area contributed by atoms with Crippen LogP contribution < -0.4 is 10.4 Å². The zero-order chi connectivity index (χ0) is 26.2. The summed E-state index contributed by atoms with van der Waals surface area (Å²) in [5.74, 6) is 0.816. The van der Waals surface area contributed by atoms with Crippen LogP contribution in [0.1, 0.15) is 26.7 Å². The molecule has 0 unspecified atom stereocenters. The summed E-state index contributed by atoms with van der Waals surface area (Å²) in [6.45, 7) is 5.90. The van der Waals surface area contributed by atoms with Gasteiger partial charge in [0.15, 0.2) is 11.3 Å². The van der Waals surface area contributed by atoms with Gasteiger partial charge in [-0.2, -0.15) is 4.31 Å². The molecule has 0 bridgehead atoms. The number of fused-ring (bicyclic) bond motifs is 3. The normalized spacial score (nSPS) is 15.0. The molecule has 196 valence electrons. The molecule has 3 aromatic heterocycles. The average Bonchev–Trinajstić information content (AvgIpc) is 3.58. The minimum atomic E-state index is -3.83. The predicted octanol–water partition coefficient (Wildman–Crippen LogP) is 1.10. The molecule has 1 aromatic carbocycles. The van der Waals surface area contributed by atoms with Crippen molar-refractivity contribution in [3.05, 3.63) is 35.0 Å². The molecule has 4 heterocycles. The van der Waals surface area contributed by atoms with Gasteiger partial charge in [-0.25, -0.2) is 22.6 Å². The highest BCUT2D eigenvalue weighted by molar-refractivity contribution is 7.89. The van der Waals surface area contributed by atoms with Crippen molar-refractivity contribution in [3.8, 4) is 17.1 Å². The van der Waals surface area contributed by atoms with Gasteiger partial charge in [0.05, 0.1) is 17.1 Å². The lowest BCUT2D eigenvalue weighted by atomic mass is 10.2. The number of carbonyl (C=O) groups is 1. The number of nitrogens with one attached hydrogen (secondary N) is 1. The van der Waals surface area contributed by atoms with Crippen LogP contribution in [-0.4, -0.2) is 86.0 Å². The summed E-state index contributed by atoms with van der Waals surface area (Å²) < 4.78 is 37.1. The summed E-state index contributed by atoms with van der Waals surface area (Å²) in [7, 11) is -3.83. The summed E-state index contributed by atoms with van der Waals surface area (Å²) in [6, 6.07) is 4.67. The lowest BCUT2D eigenvalue weighted by Crippen LogP contribution is -2.47. The molecular weight excluding hydrogens is 500 g/mol. The molecule has 1 amide bonds. The third kappa shape index (κ3) is 4.35. The smallest absolute Gasteiger partial charge is 0.336 e. The lowest BCUT2D eigenvalue weighted by Gasteiger charge is -2.31. The Labute approximate surface area is 212 Å². The van der Waals surface area contributed by atoms with Crippen LogP contribution in [0.25, 0.3) is 28.2 Å². The monoisotopic (exact) mass is 528 g/mol. The largest absolute Gasteiger partial charge is 0.493 e. The summed E-state index contributed by atoms with van der Waals surface area (Å²) >= 11 is 0. The molecule has 13 nitrogen and oxygen atoms in total. The Morgan fingerprint density at radius 2 is 1.89 bits per heavy atom. The first-order valence-corrected chi connectivity index (χ1v) is 13.6. The quantitative estimate of drug-likeness (QED) is 0.318. The van der Waals surface area contributed by atoms with Gasteiger partial charge in [0.25, 0.3) is 0 Å². The number of amides is 1. The first-order chi connectivity index (χ1) is 17.9. The second-order valence-electron chi connectivity index (χ2n) is 8.79. The molecule has 0 aliphatic carbocycles. The van der Waals surface area contributed by atoms with Gasteiger partial charge in [-0.15, -0.1) is 10.2 Å². The van der Waals surface area contributed by atoms with Gasteiger partial charge in [0.1, 0.15) is 23.4 Å². The van der Waals surface area contributed by atoms with Gasteiger partial charge in [-0.3, -0.25) is 9.36 Å². The first kappa shape index (κ1) is 24.9. The van der Waals surface area contributed by atoms with Crippen LogP contribution in [0.2, 0.25) is 0 Å². The fourth-order valence-corrected chi connectivity index (χ4v) is 5.87.